The van der Waals surface area contributed by atoms with Crippen LogP contribution >= 0.6 is 0 Å². The Morgan fingerprint density at radius 1 is 1.44 bits per heavy atom. The average molecular weight is 228 g/mol. The van der Waals surface area contributed by atoms with Crippen LogP contribution in [0.3, 0.4) is 0 Å². The Balaban J connectivity index is 2.23. The van der Waals surface area contributed by atoms with Crippen LogP contribution in [0.25, 0.3) is 0 Å². The van der Waals surface area contributed by atoms with Crippen LogP contribution in [-0.4, -0.2) is 49.2 Å². The number of piperidine rings is 1. The number of likely N-dealkylation sites (N-methyl/N-ethyl adjacent to an activating group) is 1. The Kier molecular flexibility index (Phi) is 5.77. The molecule has 1 rings (SSSR count). The molecule has 0 bridgehead atoms. The summed E-state index contributed by atoms with van der Waals surface area (Å²) < 4.78 is 5.75. The zero-order valence-corrected chi connectivity index (χ0v) is 10.7. The first-order valence-electron chi connectivity index (χ1n) is 6.27. The van der Waals surface area contributed by atoms with Crippen molar-refractivity contribution >= 4 is 5.91 Å². The normalized spacial score (nSPS) is 18.1. The van der Waals surface area contributed by atoms with Gasteiger partial charge in [-0.2, -0.15) is 0 Å². The second-order valence-electron chi connectivity index (χ2n) is 4.55. The summed E-state index contributed by atoms with van der Waals surface area (Å²) in [5, 5.41) is 3.07. The van der Waals surface area contributed by atoms with Crippen molar-refractivity contribution in [3.05, 3.63) is 0 Å². The molecule has 1 fully saturated rings. The summed E-state index contributed by atoms with van der Waals surface area (Å²) in [5.74, 6) is 0.213. The number of likely N-dealkylation sites (tertiary alicyclic amines) is 1. The highest BCUT2D eigenvalue weighted by molar-refractivity contribution is 5.78. The van der Waals surface area contributed by atoms with Crippen LogP contribution in [0.1, 0.15) is 33.6 Å². The lowest BCUT2D eigenvalue weighted by atomic mass is 10.1. The van der Waals surface area contributed by atoms with Crippen LogP contribution < -0.4 is 5.32 Å². The smallest absolute Gasteiger partial charge is 0.236 e. The first-order valence-corrected chi connectivity index (χ1v) is 6.27. The summed E-state index contributed by atoms with van der Waals surface area (Å²) >= 11 is 0. The molecule has 94 valence electrons. The molecule has 0 unspecified atom stereocenters. The zero-order valence-electron chi connectivity index (χ0n) is 10.7. The van der Waals surface area contributed by atoms with Gasteiger partial charge in [-0.1, -0.05) is 6.92 Å². The fraction of sp³-hybridized carbons (Fsp3) is 0.917. The van der Waals surface area contributed by atoms with Gasteiger partial charge in [-0.05, 0) is 33.2 Å². The Hall–Kier alpha value is -0.610. The molecule has 16 heavy (non-hydrogen) atoms. The van der Waals surface area contributed by atoms with Gasteiger partial charge in [0.2, 0.25) is 5.91 Å². The number of nitrogens with zero attached hydrogens (tertiary/aromatic N) is 1. The first kappa shape index (κ1) is 13.5. The van der Waals surface area contributed by atoms with E-state index in [-0.39, 0.29) is 12.0 Å². The molecule has 0 aromatic rings. The first-order chi connectivity index (χ1) is 7.63. The highest BCUT2D eigenvalue weighted by Crippen LogP contribution is 2.15. The number of rotatable bonds is 5. The van der Waals surface area contributed by atoms with E-state index in [0.29, 0.717) is 12.6 Å². The molecule has 0 atom stereocenters. The molecular weight excluding hydrogens is 204 g/mol. The average Bonchev–Trinajstić information content (AvgIpc) is 2.26. The lowest BCUT2D eigenvalue weighted by molar-refractivity contribution is -0.133. The van der Waals surface area contributed by atoms with Crippen molar-refractivity contribution in [1.29, 1.82) is 0 Å². The number of ether oxygens (including phenoxy) is 1. The van der Waals surface area contributed by atoms with Gasteiger partial charge in [0.15, 0.2) is 0 Å². The minimum atomic E-state index is 0.213. The van der Waals surface area contributed by atoms with Gasteiger partial charge in [0.1, 0.15) is 0 Å². The number of nitrogens with one attached hydrogen (secondary N) is 1. The van der Waals surface area contributed by atoms with E-state index in [1.165, 1.54) is 0 Å². The van der Waals surface area contributed by atoms with Crippen LogP contribution in [0.4, 0.5) is 0 Å². The second kappa shape index (κ2) is 6.86. The summed E-state index contributed by atoms with van der Waals surface area (Å²) in [5.41, 5.74) is 0. The van der Waals surface area contributed by atoms with Crippen LogP contribution in [0.2, 0.25) is 0 Å². The molecule has 0 saturated carbocycles. The third kappa shape index (κ3) is 4.49. The molecule has 1 aliphatic rings. The minimum Gasteiger partial charge on any atom is -0.375 e. The van der Waals surface area contributed by atoms with E-state index in [9.17, 15) is 4.79 Å². The Morgan fingerprint density at radius 2 is 2.06 bits per heavy atom. The van der Waals surface area contributed by atoms with Gasteiger partial charge < -0.3 is 15.0 Å². The number of amides is 1. The standard InChI is InChI=1S/C12H24N2O2/c1-4-13-9-12(15)14-7-5-11(6-8-14)16-10(2)3/h10-11,13H,4-9H2,1-3H3. The highest BCUT2D eigenvalue weighted by atomic mass is 16.5. The van der Waals surface area contributed by atoms with Crippen molar-refractivity contribution in [3.63, 3.8) is 0 Å². The van der Waals surface area contributed by atoms with Crippen molar-refractivity contribution in [3.8, 4) is 0 Å². The van der Waals surface area contributed by atoms with E-state index >= 15 is 0 Å². The highest BCUT2D eigenvalue weighted by Gasteiger charge is 2.23. The maximum Gasteiger partial charge on any atom is 0.236 e. The maximum atomic E-state index is 11.7. The number of carbonyl (C=O) groups is 1. The quantitative estimate of drug-likeness (QED) is 0.763. The van der Waals surface area contributed by atoms with E-state index in [0.717, 1.165) is 32.5 Å². The van der Waals surface area contributed by atoms with Gasteiger partial charge in [-0.25, -0.2) is 0 Å². The van der Waals surface area contributed by atoms with Gasteiger partial charge in [-0.3, -0.25) is 4.79 Å². The van der Waals surface area contributed by atoms with Crippen LogP contribution in [-0.2, 0) is 9.53 Å². The minimum absolute atomic E-state index is 0.213. The fourth-order valence-corrected chi connectivity index (χ4v) is 1.97. The summed E-state index contributed by atoms with van der Waals surface area (Å²) in [6.07, 6.45) is 2.56. The van der Waals surface area contributed by atoms with Crippen molar-refractivity contribution < 1.29 is 9.53 Å². The molecule has 4 nitrogen and oxygen atoms in total. The van der Waals surface area contributed by atoms with Crippen LogP contribution in [0.5, 0.6) is 0 Å². The third-order valence-electron chi connectivity index (χ3n) is 2.79. The molecule has 0 aromatic heterocycles. The molecule has 1 heterocycles. The fourth-order valence-electron chi connectivity index (χ4n) is 1.97. The van der Waals surface area contributed by atoms with E-state index in [1.54, 1.807) is 0 Å². The predicted octanol–water partition coefficient (Wildman–Crippen LogP) is 1.01. The number of carbonyl (C=O) groups excluding carboxylic acids is 1. The summed E-state index contributed by atoms with van der Waals surface area (Å²) in [6, 6.07) is 0. The van der Waals surface area contributed by atoms with Gasteiger partial charge in [0, 0.05) is 13.1 Å². The second-order valence-corrected chi connectivity index (χ2v) is 4.55. The Labute approximate surface area is 98.3 Å². The number of hydrogen-bond acceptors (Lipinski definition) is 3. The van der Waals surface area contributed by atoms with Gasteiger partial charge in [0.25, 0.3) is 0 Å². The molecule has 4 heteroatoms. The zero-order chi connectivity index (χ0) is 12.0. The summed E-state index contributed by atoms with van der Waals surface area (Å²) in [6.45, 7) is 9.11. The molecule has 1 saturated heterocycles. The third-order valence-corrected chi connectivity index (χ3v) is 2.79. The SMILES string of the molecule is CCNCC(=O)N1CCC(OC(C)C)CC1. The predicted molar refractivity (Wildman–Crippen MR) is 64.4 cm³/mol. The molecule has 0 aliphatic carbocycles. The van der Waals surface area contributed by atoms with E-state index < -0.39 is 0 Å². The van der Waals surface area contributed by atoms with E-state index in [1.807, 2.05) is 11.8 Å². The van der Waals surface area contributed by atoms with Gasteiger partial charge in [-0.15, -0.1) is 0 Å². The topological polar surface area (TPSA) is 41.6 Å². The van der Waals surface area contributed by atoms with E-state index in [2.05, 4.69) is 19.2 Å². The van der Waals surface area contributed by atoms with Crippen LogP contribution in [0.15, 0.2) is 0 Å². The molecule has 1 amide bonds. The monoisotopic (exact) mass is 228 g/mol. The molecule has 1 aliphatic heterocycles. The largest absolute Gasteiger partial charge is 0.375 e. The maximum absolute atomic E-state index is 11.7. The van der Waals surface area contributed by atoms with Crippen molar-refractivity contribution in [2.24, 2.45) is 0 Å². The lowest BCUT2D eigenvalue weighted by Gasteiger charge is -2.32. The van der Waals surface area contributed by atoms with Crippen molar-refractivity contribution in [2.75, 3.05) is 26.2 Å². The summed E-state index contributed by atoms with van der Waals surface area (Å²) in [7, 11) is 0. The van der Waals surface area contributed by atoms with Gasteiger partial charge >= 0.3 is 0 Å². The van der Waals surface area contributed by atoms with Crippen molar-refractivity contribution in [2.45, 2.75) is 45.8 Å². The number of hydrogen-bond donors (Lipinski definition) is 1. The van der Waals surface area contributed by atoms with E-state index in [4.69, 9.17) is 4.74 Å². The Bertz CT molecular complexity index is 211. The molecule has 0 aromatic carbocycles. The van der Waals surface area contributed by atoms with Crippen molar-refractivity contribution in [1.82, 2.24) is 10.2 Å². The molecular formula is C12H24N2O2. The molecule has 1 N–H and O–H groups in total. The Morgan fingerprint density at radius 3 is 2.56 bits per heavy atom. The lowest BCUT2D eigenvalue weighted by Crippen LogP contribution is -2.44. The molecule has 0 radical (unpaired) electrons. The van der Waals surface area contributed by atoms with Gasteiger partial charge in [0.05, 0.1) is 18.8 Å². The van der Waals surface area contributed by atoms with Crippen LogP contribution in [0, 0.1) is 0 Å². The summed E-state index contributed by atoms with van der Waals surface area (Å²) in [4.78, 5) is 13.6. The molecule has 0 spiro atoms.